The van der Waals surface area contributed by atoms with Crippen LogP contribution in [-0.4, -0.2) is 41.7 Å². The molecule has 3 aromatic carbocycles. The predicted molar refractivity (Wildman–Crippen MR) is 129 cm³/mol. The minimum Gasteiger partial charge on any atom is -0.496 e. The Balaban J connectivity index is 1.49. The molecule has 1 saturated heterocycles. The van der Waals surface area contributed by atoms with E-state index in [2.05, 4.69) is 0 Å². The molecular formula is C27H18FN3O6. The summed E-state index contributed by atoms with van der Waals surface area (Å²) in [6.45, 7) is -0.119. The van der Waals surface area contributed by atoms with E-state index in [4.69, 9.17) is 4.74 Å². The molecule has 2 heterocycles. The van der Waals surface area contributed by atoms with Crippen LogP contribution in [0.15, 0.2) is 72.3 Å². The fourth-order valence-corrected chi connectivity index (χ4v) is 4.24. The van der Waals surface area contributed by atoms with Gasteiger partial charge in [0.15, 0.2) is 0 Å². The summed E-state index contributed by atoms with van der Waals surface area (Å²) in [5, 5.41) is 2.04. The van der Waals surface area contributed by atoms with Crippen LogP contribution in [0.25, 0.3) is 6.08 Å². The quantitative estimate of drug-likeness (QED) is 0.328. The second-order valence-corrected chi connectivity index (χ2v) is 8.22. The lowest BCUT2D eigenvalue weighted by Gasteiger charge is -2.26. The monoisotopic (exact) mass is 499 g/mol. The van der Waals surface area contributed by atoms with Crippen LogP contribution in [0.1, 0.15) is 31.8 Å². The van der Waals surface area contributed by atoms with E-state index in [1.807, 2.05) is 5.32 Å². The number of anilines is 1. The highest BCUT2D eigenvalue weighted by Gasteiger charge is 2.38. The zero-order chi connectivity index (χ0) is 26.3. The first-order valence-electron chi connectivity index (χ1n) is 11.1. The minimum absolute atomic E-state index is 0.119. The molecule has 1 N–H and O–H groups in total. The lowest BCUT2D eigenvalue weighted by atomic mass is 10.0. The SMILES string of the molecule is COc1ccc(/C=C2/C(=O)NC(=O)N(c3ccccc3F)C2=O)cc1CN1C(=O)c2ccccc2C1=O. The maximum absolute atomic E-state index is 14.3. The van der Waals surface area contributed by atoms with Crippen LogP contribution in [0.3, 0.4) is 0 Å². The molecule has 0 radical (unpaired) electrons. The van der Waals surface area contributed by atoms with Crippen molar-refractivity contribution in [3.63, 3.8) is 0 Å². The fraction of sp³-hybridized carbons (Fsp3) is 0.0741. The molecule has 5 rings (SSSR count). The number of halogens is 1. The van der Waals surface area contributed by atoms with Gasteiger partial charge in [0.1, 0.15) is 17.1 Å². The first-order chi connectivity index (χ1) is 17.8. The number of fused-ring (bicyclic) bond motifs is 1. The summed E-state index contributed by atoms with van der Waals surface area (Å²) in [4.78, 5) is 65.2. The third kappa shape index (κ3) is 4.04. The van der Waals surface area contributed by atoms with Crippen LogP contribution in [-0.2, 0) is 16.1 Å². The van der Waals surface area contributed by atoms with Crippen LogP contribution in [0.2, 0.25) is 0 Å². The van der Waals surface area contributed by atoms with Crippen molar-refractivity contribution in [2.24, 2.45) is 0 Å². The number of nitrogens with one attached hydrogen (secondary N) is 1. The maximum Gasteiger partial charge on any atom is 0.336 e. The lowest BCUT2D eigenvalue weighted by molar-refractivity contribution is -0.122. The zero-order valence-corrected chi connectivity index (χ0v) is 19.4. The number of hydrogen-bond donors (Lipinski definition) is 1. The molecule has 0 aromatic heterocycles. The Labute approximate surface area is 209 Å². The maximum atomic E-state index is 14.3. The van der Waals surface area contributed by atoms with Crippen molar-refractivity contribution in [2.75, 3.05) is 12.0 Å². The van der Waals surface area contributed by atoms with E-state index in [-0.39, 0.29) is 12.2 Å². The Kier molecular flexibility index (Phi) is 5.84. The normalized spacial score (nSPS) is 16.4. The summed E-state index contributed by atoms with van der Waals surface area (Å²) in [5.41, 5.74) is 0.689. The van der Waals surface area contributed by atoms with Gasteiger partial charge in [-0.15, -0.1) is 0 Å². The van der Waals surface area contributed by atoms with Crippen molar-refractivity contribution in [3.05, 3.63) is 100 Å². The molecular weight excluding hydrogens is 481 g/mol. The van der Waals surface area contributed by atoms with E-state index in [9.17, 15) is 28.4 Å². The van der Waals surface area contributed by atoms with Crippen molar-refractivity contribution in [2.45, 2.75) is 6.54 Å². The molecule has 0 aliphatic carbocycles. The molecule has 0 saturated carbocycles. The number of para-hydroxylation sites is 1. The van der Waals surface area contributed by atoms with Gasteiger partial charge in [-0.05, 0) is 48.0 Å². The summed E-state index contributed by atoms with van der Waals surface area (Å²) in [6, 6.07) is 15.3. The summed E-state index contributed by atoms with van der Waals surface area (Å²) in [7, 11) is 1.43. The molecule has 6 amide bonds. The molecule has 2 aliphatic heterocycles. The molecule has 0 unspecified atom stereocenters. The number of barbiturate groups is 1. The second kappa shape index (κ2) is 9.15. The van der Waals surface area contributed by atoms with Crippen molar-refractivity contribution < 1.29 is 33.1 Å². The Morgan fingerprint density at radius 3 is 2.16 bits per heavy atom. The number of carbonyl (C=O) groups is 5. The molecule has 1 fully saturated rings. The van der Waals surface area contributed by atoms with Gasteiger partial charge in [-0.2, -0.15) is 0 Å². The number of hydrogen-bond acceptors (Lipinski definition) is 6. The van der Waals surface area contributed by atoms with Crippen LogP contribution in [0.5, 0.6) is 5.75 Å². The average Bonchev–Trinajstić information content (AvgIpc) is 3.12. The minimum atomic E-state index is -1.07. The van der Waals surface area contributed by atoms with Gasteiger partial charge in [0.2, 0.25) is 0 Å². The largest absolute Gasteiger partial charge is 0.496 e. The summed E-state index contributed by atoms with van der Waals surface area (Å²) < 4.78 is 19.7. The molecule has 2 aliphatic rings. The number of ether oxygens (including phenoxy) is 1. The van der Waals surface area contributed by atoms with Gasteiger partial charge in [-0.3, -0.25) is 29.4 Å². The first kappa shape index (κ1) is 23.6. The molecule has 0 bridgehead atoms. The number of carbonyl (C=O) groups excluding carboxylic acids is 5. The smallest absolute Gasteiger partial charge is 0.336 e. The van der Waals surface area contributed by atoms with E-state index in [0.29, 0.717) is 32.9 Å². The van der Waals surface area contributed by atoms with Gasteiger partial charge in [0.05, 0.1) is 30.5 Å². The Morgan fingerprint density at radius 2 is 1.51 bits per heavy atom. The molecule has 184 valence electrons. The summed E-state index contributed by atoms with van der Waals surface area (Å²) in [5.74, 6) is -3.29. The Morgan fingerprint density at radius 1 is 0.865 bits per heavy atom. The number of amides is 6. The van der Waals surface area contributed by atoms with Gasteiger partial charge < -0.3 is 4.74 Å². The van der Waals surface area contributed by atoms with E-state index >= 15 is 0 Å². The predicted octanol–water partition coefficient (Wildman–Crippen LogP) is 3.30. The number of nitrogens with zero attached hydrogens (tertiary/aromatic N) is 2. The first-order valence-corrected chi connectivity index (χ1v) is 11.1. The second-order valence-electron chi connectivity index (χ2n) is 8.22. The van der Waals surface area contributed by atoms with Crippen molar-refractivity contribution >= 4 is 41.4 Å². The number of benzene rings is 3. The molecule has 0 atom stereocenters. The fourth-order valence-electron chi connectivity index (χ4n) is 4.24. The summed E-state index contributed by atoms with van der Waals surface area (Å²) >= 11 is 0. The van der Waals surface area contributed by atoms with Gasteiger partial charge in [-0.1, -0.05) is 30.3 Å². The van der Waals surface area contributed by atoms with Crippen LogP contribution in [0.4, 0.5) is 14.9 Å². The average molecular weight is 499 g/mol. The Hall–Kier alpha value is -5.12. The molecule has 0 spiro atoms. The van der Waals surface area contributed by atoms with E-state index in [0.717, 1.165) is 11.0 Å². The van der Waals surface area contributed by atoms with Gasteiger partial charge >= 0.3 is 6.03 Å². The van der Waals surface area contributed by atoms with Gasteiger partial charge in [0.25, 0.3) is 23.6 Å². The van der Waals surface area contributed by atoms with E-state index < -0.39 is 41.1 Å². The molecule has 37 heavy (non-hydrogen) atoms. The third-order valence-electron chi connectivity index (χ3n) is 6.02. The number of methoxy groups -OCH3 is 1. The summed E-state index contributed by atoms with van der Waals surface area (Å²) in [6.07, 6.45) is 1.24. The van der Waals surface area contributed by atoms with Crippen LogP contribution >= 0.6 is 0 Å². The number of urea groups is 1. The highest BCUT2D eigenvalue weighted by molar-refractivity contribution is 6.39. The number of imide groups is 3. The number of rotatable bonds is 5. The van der Waals surface area contributed by atoms with Crippen molar-refractivity contribution in [1.29, 1.82) is 0 Å². The lowest BCUT2D eigenvalue weighted by Crippen LogP contribution is -2.54. The highest BCUT2D eigenvalue weighted by atomic mass is 19.1. The van der Waals surface area contributed by atoms with Crippen molar-refractivity contribution in [3.8, 4) is 5.75 Å². The molecule has 3 aromatic rings. The van der Waals surface area contributed by atoms with E-state index in [1.54, 1.807) is 42.5 Å². The van der Waals surface area contributed by atoms with Crippen molar-refractivity contribution in [1.82, 2.24) is 10.2 Å². The van der Waals surface area contributed by atoms with Gasteiger partial charge in [-0.25, -0.2) is 14.1 Å². The molecule has 9 nitrogen and oxygen atoms in total. The van der Waals surface area contributed by atoms with E-state index in [1.165, 1.54) is 31.4 Å². The topological polar surface area (TPSA) is 113 Å². The van der Waals surface area contributed by atoms with Crippen LogP contribution in [0, 0.1) is 5.82 Å². The highest BCUT2D eigenvalue weighted by Crippen LogP contribution is 2.29. The van der Waals surface area contributed by atoms with Gasteiger partial charge in [0, 0.05) is 5.56 Å². The standard InChI is InChI=1S/C27H18FN3O6/c1-37-22-11-10-15(12-16(22)14-30-24(33)17-6-2-3-7-18(17)25(30)34)13-19-23(32)29-27(36)31(26(19)35)21-9-5-4-8-20(21)28/h2-13H,14H2,1H3,(H,29,32,36)/b19-13-. The third-order valence-corrected chi connectivity index (χ3v) is 6.02. The van der Waals surface area contributed by atoms with Crippen LogP contribution < -0.4 is 15.0 Å². The molecule has 10 heteroatoms. The zero-order valence-electron chi connectivity index (χ0n) is 19.4. The Bertz CT molecular complexity index is 1510.